The fourth-order valence-corrected chi connectivity index (χ4v) is 5.39. The van der Waals surface area contributed by atoms with E-state index in [-0.39, 0.29) is 40.9 Å². The molecule has 1 aliphatic heterocycles. The number of rotatable bonds is 5. The highest BCUT2D eigenvalue weighted by Crippen LogP contribution is 2.28. The summed E-state index contributed by atoms with van der Waals surface area (Å²) in [4.78, 5) is 28.7. The second-order valence-corrected chi connectivity index (χ2v) is 9.30. The molecular weight excluding hydrogens is 428 g/mol. The molecule has 0 spiro atoms. The highest BCUT2D eigenvalue weighted by atomic mass is 35.5. The lowest BCUT2D eigenvalue weighted by Gasteiger charge is -2.30. The number of sulfonamides is 1. The molecule has 1 aromatic carbocycles. The van der Waals surface area contributed by atoms with Crippen LogP contribution >= 0.6 is 11.6 Å². The molecule has 3 rings (SSSR count). The Balaban J connectivity index is 1.69. The minimum absolute atomic E-state index is 0.0375. The monoisotopic (exact) mass is 450 g/mol. The number of aromatic nitrogens is 1. The Morgan fingerprint density at radius 2 is 1.87 bits per heavy atom. The number of nitrogens with one attached hydrogen (secondary N) is 2. The van der Waals surface area contributed by atoms with E-state index in [9.17, 15) is 18.0 Å². The molecule has 0 radical (unpaired) electrons. The summed E-state index contributed by atoms with van der Waals surface area (Å²) in [5, 5.41) is 5.34. The molecular formula is C20H23ClN4O4S. The Bertz CT molecular complexity index is 1070. The van der Waals surface area contributed by atoms with Crippen molar-refractivity contribution in [2.75, 3.05) is 25.5 Å². The Morgan fingerprint density at radius 1 is 1.17 bits per heavy atom. The van der Waals surface area contributed by atoms with Crippen molar-refractivity contribution in [2.45, 2.75) is 24.7 Å². The molecule has 1 saturated heterocycles. The molecule has 10 heteroatoms. The van der Waals surface area contributed by atoms with Crippen molar-refractivity contribution in [1.29, 1.82) is 0 Å². The zero-order chi connectivity index (χ0) is 21.9. The third-order valence-corrected chi connectivity index (χ3v) is 7.50. The van der Waals surface area contributed by atoms with Crippen LogP contribution in [0, 0.1) is 12.8 Å². The zero-order valence-corrected chi connectivity index (χ0v) is 18.3. The number of hydrogen-bond donors (Lipinski definition) is 2. The normalized spacial score (nSPS) is 15.6. The van der Waals surface area contributed by atoms with Crippen molar-refractivity contribution in [2.24, 2.45) is 5.92 Å². The van der Waals surface area contributed by atoms with Crippen LogP contribution in [0.1, 0.15) is 28.8 Å². The summed E-state index contributed by atoms with van der Waals surface area (Å²) in [6.45, 7) is 2.19. The van der Waals surface area contributed by atoms with Gasteiger partial charge >= 0.3 is 0 Å². The van der Waals surface area contributed by atoms with Gasteiger partial charge < -0.3 is 10.6 Å². The topological polar surface area (TPSA) is 108 Å². The van der Waals surface area contributed by atoms with Gasteiger partial charge in [0.25, 0.3) is 5.91 Å². The standard InChI is InChI=1S/C20H23ClN4O4S/c1-13-5-3-6-15(17(13)20(27)22-2)24-19(26)14-8-11-25(12-9-14)30(28,29)16-7-4-10-23-18(16)21/h3-7,10,14H,8-9,11-12H2,1-2H3,(H,22,27)(H,24,26). The second kappa shape index (κ2) is 9.11. The van der Waals surface area contributed by atoms with E-state index in [4.69, 9.17) is 11.6 Å². The minimum Gasteiger partial charge on any atom is -0.355 e. The highest BCUT2D eigenvalue weighted by molar-refractivity contribution is 7.89. The Kier molecular flexibility index (Phi) is 6.74. The number of nitrogens with zero attached hydrogens (tertiary/aromatic N) is 2. The molecule has 2 amide bonds. The summed E-state index contributed by atoms with van der Waals surface area (Å²) in [6, 6.07) is 8.18. The number of pyridine rings is 1. The fourth-order valence-electron chi connectivity index (χ4n) is 3.49. The van der Waals surface area contributed by atoms with Gasteiger partial charge in [0.1, 0.15) is 10.0 Å². The van der Waals surface area contributed by atoms with Crippen LogP contribution in [0.15, 0.2) is 41.4 Å². The fraction of sp³-hybridized carbons (Fsp3) is 0.350. The van der Waals surface area contributed by atoms with Gasteiger partial charge in [-0.2, -0.15) is 4.31 Å². The van der Waals surface area contributed by atoms with E-state index in [0.717, 1.165) is 5.56 Å². The molecule has 1 aliphatic rings. The Morgan fingerprint density at radius 3 is 2.50 bits per heavy atom. The number of carbonyl (C=O) groups excluding carboxylic acids is 2. The number of piperidine rings is 1. The molecule has 1 aromatic heterocycles. The number of benzene rings is 1. The van der Waals surface area contributed by atoms with Crippen LogP contribution in [0.4, 0.5) is 5.69 Å². The van der Waals surface area contributed by atoms with Gasteiger partial charge in [0, 0.05) is 32.3 Å². The molecule has 1 fully saturated rings. The van der Waals surface area contributed by atoms with Gasteiger partial charge in [0.15, 0.2) is 0 Å². The van der Waals surface area contributed by atoms with E-state index in [2.05, 4.69) is 15.6 Å². The predicted molar refractivity (Wildman–Crippen MR) is 114 cm³/mol. The molecule has 2 aromatic rings. The van der Waals surface area contributed by atoms with Crippen LogP contribution in [0.5, 0.6) is 0 Å². The molecule has 0 saturated carbocycles. The second-order valence-electron chi connectivity index (χ2n) is 7.04. The summed E-state index contributed by atoms with van der Waals surface area (Å²) < 4.78 is 27.0. The molecule has 2 heterocycles. The van der Waals surface area contributed by atoms with Gasteiger partial charge in [0.05, 0.1) is 11.3 Å². The highest BCUT2D eigenvalue weighted by Gasteiger charge is 2.33. The zero-order valence-electron chi connectivity index (χ0n) is 16.7. The average Bonchev–Trinajstić information content (AvgIpc) is 2.73. The van der Waals surface area contributed by atoms with Crippen LogP contribution in [0.3, 0.4) is 0 Å². The van der Waals surface area contributed by atoms with E-state index in [1.54, 1.807) is 25.1 Å². The molecule has 0 atom stereocenters. The molecule has 0 bridgehead atoms. The van der Waals surface area contributed by atoms with Gasteiger partial charge in [0.2, 0.25) is 15.9 Å². The number of halogens is 1. The summed E-state index contributed by atoms with van der Waals surface area (Å²) in [7, 11) is -2.24. The molecule has 30 heavy (non-hydrogen) atoms. The lowest BCUT2D eigenvalue weighted by molar-refractivity contribution is -0.120. The predicted octanol–water partition coefficient (Wildman–Crippen LogP) is 2.44. The third kappa shape index (κ3) is 4.48. The van der Waals surface area contributed by atoms with Crippen molar-refractivity contribution in [3.05, 3.63) is 52.8 Å². The first-order chi connectivity index (χ1) is 14.3. The van der Waals surface area contributed by atoms with Crippen molar-refractivity contribution in [3.8, 4) is 0 Å². The summed E-state index contributed by atoms with van der Waals surface area (Å²) >= 11 is 5.95. The van der Waals surface area contributed by atoms with Crippen LogP contribution < -0.4 is 10.6 Å². The van der Waals surface area contributed by atoms with E-state index < -0.39 is 10.0 Å². The van der Waals surface area contributed by atoms with Crippen LogP contribution in [-0.4, -0.2) is 49.7 Å². The van der Waals surface area contributed by atoms with Crippen molar-refractivity contribution >= 4 is 39.1 Å². The van der Waals surface area contributed by atoms with Gasteiger partial charge in [-0.15, -0.1) is 0 Å². The maximum Gasteiger partial charge on any atom is 0.253 e. The van der Waals surface area contributed by atoms with Crippen LogP contribution in [-0.2, 0) is 14.8 Å². The lowest BCUT2D eigenvalue weighted by Crippen LogP contribution is -2.41. The first kappa shape index (κ1) is 22.2. The molecule has 160 valence electrons. The smallest absolute Gasteiger partial charge is 0.253 e. The Labute approximate surface area is 180 Å². The van der Waals surface area contributed by atoms with Crippen LogP contribution in [0.25, 0.3) is 0 Å². The van der Waals surface area contributed by atoms with Gasteiger partial charge in [-0.3, -0.25) is 9.59 Å². The average molecular weight is 451 g/mol. The number of carbonyl (C=O) groups is 2. The number of aryl methyl sites for hydroxylation is 1. The first-order valence-electron chi connectivity index (χ1n) is 9.49. The van der Waals surface area contributed by atoms with Crippen LogP contribution in [0.2, 0.25) is 5.15 Å². The lowest BCUT2D eigenvalue weighted by atomic mass is 9.96. The minimum atomic E-state index is -3.77. The van der Waals surface area contributed by atoms with Crippen molar-refractivity contribution < 1.29 is 18.0 Å². The summed E-state index contributed by atoms with van der Waals surface area (Å²) in [5.74, 6) is -0.876. The van der Waals surface area contributed by atoms with E-state index in [0.29, 0.717) is 24.1 Å². The Hall–Kier alpha value is -2.49. The number of anilines is 1. The number of amides is 2. The molecule has 0 unspecified atom stereocenters. The van der Waals surface area contributed by atoms with Crippen molar-refractivity contribution in [3.63, 3.8) is 0 Å². The largest absolute Gasteiger partial charge is 0.355 e. The maximum atomic E-state index is 12.8. The van der Waals surface area contributed by atoms with Gasteiger partial charge in [-0.25, -0.2) is 13.4 Å². The van der Waals surface area contributed by atoms with E-state index in [1.165, 1.54) is 29.7 Å². The van der Waals surface area contributed by atoms with Crippen molar-refractivity contribution in [1.82, 2.24) is 14.6 Å². The van der Waals surface area contributed by atoms with Gasteiger partial charge in [-0.05, 0) is 43.5 Å². The SMILES string of the molecule is CNC(=O)c1c(C)cccc1NC(=O)C1CCN(S(=O)(=O)c2cccnc2Cl)CC1. The number of hydrogen-bond acceptors (Lipinski definition) is 5. The summed E-state index contributed by atoms with van der Waals surface area (Å²) in [6.07, 6.45) is 2.16. The van der Waals surface area contributed by atoms with E-state index >= 15 is 0 Å². The molecule has 0 aliphatic carbocycles. The first-order valence-corrected chi connectivity index (χ1v) is 11.3. The molecule has 8 nitrogen and oxygen atoms in total. The molecule has 2 N–H and O–H groups in total. The summed E-state index contributed by atoms with van der Waals surface area (Å²) in [5.41, 5.74) is 1.61. The maximum absolute atomic E-state index is 12.8. The third-order valence-electron chi connectivity index (χ3n) is 5.15. The van der Waals surface area contributed by atoms with Gasteiger partial charge in [-0.1, -0.05) is 23.7 Å². The quantitative estimate of drug-likeness (QED) is 0.680. The van der Waals surface area contributed by atoms with E-state index in [1.807, 2.05) is 0 Å².